The average Bonchev–Trinajstić information content (AvgIpc) is 2.41. The first-order valence-electron chi connectivity index (χ1n) is 5.96. The standard InChI is InChI=1S/C15H15ClFNO/c1-10-6-11(8-18)2-3-12(10)9-19-13-4-5-14(16)15(17)7-13/h2-7H,8-9,18H2,1H3. The molecule has 4 heteroatoms. The highest BCUT2D eigenvalue weighted by atomic mass is 35.5. The summed E-state index contributed by atoms with van der Waals surface area (Å²) in [5.41, 5.74) is 8.82. The van der Waals surface area contributed by atoms with Crippen molar-refractivity contribution in [3.8, 4) is 5.75 Å². The summed E-state index contributed by atoms with van der Waals surface area (Å²) in [6.45, 7) is 2.91. The fourth-order valence-electron chi connectivity index (χ4n) is 1.77. The zero-order valence-electron chi connectivity index (χ0n) is 10.6. The number of aryl methyl sites for hydroxylation is 1. The van der Waals surface area contributed by atoms with Crippen LogP contribution in [0.4, 0.5) is 4.39 Å². The molecule has 0 bridgehead atoms. The van der Waals surface area contributed by atoms with Crippen molar-refractivity contribution in [2.75, 3.05) is 0 Å². The van der Waals surface area contributed by atoms with Gasteiger partial charge in [-0.25, -0.2) is 4.39 Å². The largest absolute Gasteiger partial charge is 0.489 e. The molecule has 0 aliphatic heterocycles. The zero-order chi connectivity index (χ0) is 13.8. The Labute approximate surface area is 117 Å². The third-order valence-electron chi connectivity index (χ3n) is 2.93. The summed E-state index contributed by atoms with van der Waals surface area (Å²) in [4.78, 5) is 0. The van der Waals surface area contributed by atoms with Gasteiger partial charge in [-0.3, -0.25) is 0 Å². The summed E-state index contributed by atoms with van der Waals surface area (Å²) < 4.78 is 18.8. The molecular formula is C15H15ClFNO. The molecule has 0 saturated carbocycles. The smallest absolute Gasteiger partial charge is 0.145 e. The molecule has 0 saturated heterocycles. The Morgan fingerprint density at radius 1 is 1.21 bits per heavy atom. The zero-order valence-corrected chi connectivity index (χ0v) is 11.4. The van der Waals surface area contributed by atoms with Crippen LogP contribution in [-0.2, 0) is 13.2 Å². The van der Waals surface area contributed by atoms with Crippen LogP contribution >= 0.6 is 11.6 Å². The van der Waals surface area contributed by atoms with Gasteiger partial charge in [0, 0.05) is 12.6 Å². The number of rotatable bonds is 4. The molecule has 0 aromatic heterocycles. The maximum absolute atomic E-state index is 13.3. The molecule has 2 aromatic carbocycles. The van der Waals surface area contributed by atoms with E-state index < -0.39 is 5.82 Å². The lowest BCUT2D eigenvalue weighted by Crippen LogP contribution is -2.01. The molecule has 0 aliphatic carbocycles. The fraction of sp³-hybridized carbons (Fsp3) is 0.200. The first-order valence-corrected chi connectivity index (χ1v) is 6.34. The number of benzene rings is 2. The highest BCUT2D eigenvalue weighted by Crippen LogP contribution is 2.22. The van der Waals surface area contributed by atoms with Crippen molar-refractivity contribution < 1.29 is 9.13 Å². The van der Waals surface area contributed by atoms with Crippen molar-refractivity contribution in [2.45, 2.75) is 20.1 Å². The molecule has 0 unspecified atom stereocenters. The molecule has 0 radical (unpaired) electrons. The van der Waals surface area contributed by atoms with Gasteiger partial charge in [0.25, 0.3) is 0 Å². The fourth-order valence-corrected chi connectivity index (χ4v) is 1.89. The molecule has 2 aromatic rings. The van der Waals surface area contributed by atoms with Gasteiger partial charge in [0.2, 0.25) is 0 Å². The second-order valence-corrected chi connectivity index (χ2v) is 4.74. The van der Waals surface area contributed by atoms with Crippen LogP contribution in [0.1, 0.15) is 16.7 Å². The van der Waals surface area contributed by atoms with E-state index in [9.17, 15) is 4.39 Å². The summed E-state index contributed by atoms with van der Waals surface area (Å²) in [6, 6.07) is 10.4. The second kappa shape index (κ2) is 6.04. The Morgan fingerprint density at radius 3 is 2.63 bits per heavy atom. The molecule has 0 aliphatic rings. The van der Waals surface area contributed by atoms with Crippen LogP contribution in [-0.4, -0.2) is 0 Å². The first kappa shape index (κ1) is 13.8. The predicted octanol–water partition coefficient (Wildman–Crippen LogP) is 3.83. The Balaban J connectivity index is 2.07. The monoisotopic (exact) mass is 279 g/mol. The summed E-state index contributed by atoms with van der Waals surface area (Å²) in [5, 5.41) is 0.0934. The van der Waals surface area contributed by atoms with Crippen LogP contribution in [0.3, 0.4) is 0 Å². The SMILES string of the molecule is Cc1cc(CN)ccc1COc1ccc(Cl)c(F)c1. The Hall–Kier alpha value is -1.58. The van der Waals surface area contributed by atoms with Crippen LogP contribution in [0.2, 0.25) is 5.02 Å². The predicted molar refractivity (Wildman–Crippen MR) is 74.8 cm³/mol. The van der Waals surface area contributed by atoms with E-state index in [1.165, 1.54) is 12.1 Å². The summed E-state index contributed by atoms with van der Waals surface area (Å²) in [6.07, 6.45) is 0. The average molecular weight is 280 g/mol. The van der Waals surface area contributed by atoms with Gasteiger partial charge in [-0.15, -0.1) is 0 Å². The van der Waals surface area contributed by atoms with Crippen LogP contribution < -0.4 is 10.5 Å². The van der Waals surface area contributed by atoms with Crippen molar-refractivity contribution in [2.24, 2.45) is 5.73 Å². The van der Waals surface area contributed by atoms with E-state index in [2.05, 4.69) is 0 Å². The van der Waals surface area contributed by atoms with Gasteiger partial charge in [0.05, 0.1) is 5.02 Å². The number of ether oxygens (including phenoxy) is 1. The maximum Gasteiger partial charge on any atom is 0.145 e. The highest BCUT2D eigenvalue weighted by Gasteiger charge is 2.04. The minimum absolute atomic E-state index is 0.0934. The van der Waals surface area contributed by atoms with E-state index in [4.69, 9.17) is 22.1 Å². The summed E-state index contributed by atoms with van der Waals surface area (Å²) in [7, 11) is 0. The second-order valence-electron chi connectivity index (χ2n) is 4.33. The minimum atomic E-state index is -0.477. The van der Waals surface area contributed by atoms with Crippen molar-refractivity contribution in [3.63, 3.8) is 0 Å². The molecule has 0 atom stereocenters. The molecule has 2 nitrogen and oxygen atoms in total. The third-order valence-corrected chi connectivity index (χ3v) is 3.23. The van der Waals surface area contributed by atoms with Gasteiger partial charge in [-0.2, -0.15) is 0 Å². The van der Waals surface area contributed by atoms with E-state index in [0.717, 1.165) is 16.7 Å². The maximum atomic E-state index is 13.3. The Kier molecular flexibility index (Phi) is 4.40. The lowest BCUT2D eigenvalue weighted by atomic mass is 10.1. The van der Waals surface area contributed by atoms with Crippen LogP contribution in [0.25, 0.3) is 0 Å². The minimum Gasteiger partial charge on any atom is -0.489 e. The first-order chi connectivity index (χ1) is 9.10. The molecule has 0 fully saturated rings. The van der Waals surface area contributed by atoms with E-state index >= 15 is 0 Å². The van der Waals surface area contributed by atoms with E-state index in [0.29, 0.717) is 18.9 Å². The number of hydrogen-bond acceptors (Lipinski definition) is 2. The molecule has 19 heavy (non-hydrogen) atoms. The van der Waals surface area contributed by atoms with E-state index in [1.807, 2.05) is 25.1 Å². The number of halogens is 2. The van der Waals surface area contributed by atoms with Gasteiger partial charge in [-0.05, 0) is 35.7 Å². The topological polar surface area (TPSA) is 35.2 Å². The van der Waals surface area contributed by atoms with Crippen LogP contribution in [0.15, 0.2) is 36.4 Å². The number of hydrogen-bond donors (Lipinski definition) is 1. The van der Waals surface area contributed by atoms with Crippen LogP contribution in [0.5, 0.6) is 5.75 Å². The van der Waals surface area contributed by atoms with Crippen molar-refractivity contribution >= 4 is 11.6 Å². The summed E-state index contributed by atoms with van der Waals surface area (Å²) >= 11 is 5.61. The quantitative estimate of drug-likeness (QED) is 0.923. The van der Waals surface area contributed by atoms with Gasteiger partial charge < -0.3 is 10.5 Å². The summed E-state index contributed by atoms with van der Waals surface area (Å²) in [5.74, 6) is -0.0152. The molecule has 2 rings (SSSR count). The normalized spacial score (nSPS) is 10.5. The van der Waals surface area contributed by atoms with Crippen LogP contribution in [0, 0.1) is 12.7 Å². The molecule has 2 N–H and O–H groups in total. The molecular weight excluding hydrogens is 265 g/mol. The molecule has 0 amide bonds. The van der Waals surface area contributed by atoms with Gasteiger partial charge in [0.15, 0.2) is 0 Å². The van der Waals surface area contributed by atoms with E-state index in [-0.39, 0.29) is 5.02 Å². The van der Waals surface area contributed by atoms with Crippen molar-refractivity contribution in [1.82, 2.24) is 0 Å². The lowest BCUT2D eigenvalue weighted by molar-refractivity contribution is 0.304. The molecule has 0 spiro atoms. The van der Waals surface area contributed by atoms with Gasteiger partial charge in [0.1, 0.15) is 18.2 Å². The van der Waals surface area contributed by atoms with Crippen molar-refractivity contribution in [3.05, 3.63) is 63.9 Å². The van der Waals surface area contributed by atoms with Gasteiger partial charge in [-0.1, -0.05) is 29.8 Å². The van der Waals surface area contributed by atoms with E-state index in [1.54, 1.807) is 6.07 Å². The Bertz CT molecular complexity index is 586. The number of nitrogens with two attached hydrogens (primary N) is 1. The molecule has 0 heterocycles. The Morgan fingerprint density at radius 2 is 2.00 bits per heavy atom. The molecule has 100 valence electrons. The third kappa shape index (κ3) is 3.46. The highest BCUT2D eigenvalue weighted by molar-refractivity contribution is 6.30. The lowest BCUT2D eigenvalue weighted by Gasteiger charge is -2.10. The van der Waals surface area contributed by atoms with Gasteiger partial charge >= 0.3 is 0 Å². The van der Waals surface area contributed by atoms with Crippen molar-refractivity contribution in [1.29, 1.82) is 0 Å².